The molecule has 0 amide bonds. The first-order chi connectivity index (χ1) is 5.11. The fourth-order valence-electron chi connectivity index (χ4n) is 1.33. The minimum absolute atomic E-state index is 0.0216. The molecule has 1 unspecified atom stereocenters. The Morgan fingerprint density at radius 3 is 2.64 bits per heavy atom. The summed E-state index contributed by atoms with van der Waals surface area (Å²) < 4.78 is 7.33. The van der Waals surface area contributed by atoms with Gasteiger partial charge in [-0.25, -0.2) is 0 Å². The maximum atomic E-state index is 5.47. The van der Waals surface area contributed by atoms with Crippen molar-refractivity contribution in [3.05, 3.63) is 18.0 Å². The first kappa shape index (κ1) is 6.85. The van der Waals surface area contributed by atoms with E-state index in [0.717, 1.165) is 5.69 Å². The predicted molar refractivity (Wildman–Crippen MR) is 41.1 cm³/mol. The van der Waals surface area contributed by atoms with E-state index in [1.807, 2.05) is 17.8 Å². The van der Waals surface area contributed by atoms with Gasteiger partial charge in [-0.2, -0.15) is 5.10 Å². The van der Waals surface area contributed by atoms with E-state index in [-0.39, 0.29) is 11.7 Å². The second-order valence-electron chi connectivity index (χ2n) is 3.48. The molecular formula is C8H12N2O. The van der Waals surface area contributed by atoms with Gasteiger partial charge in [-0.05, 0) is 19.9 Å². The largest absolute Gasteiger partial charge is 0.360 e. The number of rotatable bonds is 1. The quantitative estimate of drug-likeness (QED) is 0.567. The first-order valence-electron chi connectivity index (χ1n) is 3.77. The molecular weight excluding hydrogens is 140 g/mol. The summed E-state index contributed by atoms with van der Waals surface area (Å²) in [6.45, 7) is 4.18. The summed E-state index contributed by atoms with van der Waals surface area (Å²) in [4.78, 5) is 0. The van der Waals surface area contributed by atoms with Gasteiger partial charge in [0.15, 0.2) is 0 Å². The molecule has 60 valence electrons. The Kier molecular flexibility index (Phi) is 1.16. The Hall–Kier alpha value is -0.830. The number of epoxide rings is 1. The van der Waals surface area contributed by atoms with Gasteiger partial charge in [0.05, 0.1) is 11.3 Å². The number of ether oxygens (including phenoxy) is 1. The highest BCUT2D eigenvalue weighted by Crippen LogP contribution is 2.48. The molecule has 1 saturated heterocycles. The molecule has 1 fully saturated rings. The predicted octanol–water partition coefficient (Wildman–Crippen LogP) is 1.27. The fraction of sp³-hybridized carbons (Fsp3) is 0.625. The van der Waals surface area contributed by atoms with E-state index < -0.39 is 0 Å². The SMILES string of the molecule is Cn1nccc1C1OC1(C)C. The van der Waals surface area contributed by atoms with E-state index >= 15 is 0 Å². The van der Waals surface area contributed by atoms with Gasteiger partial charge in [-0.3, -0.25) is 4.68 Å². The molecule has 0 saturated carbocycles. The number of hydrogen-bond donors (Lipinski definition) is 0. The minimum Gasteiger partial charge on any atom is -0.360 e. The van der Waals surface area contributed by atoms with Crippen LogP contribution >= 0.6 is 0 Å². The molecule has 2 rings (SSSR count). The third-order valence-electron chi connectivity index (χ3n) is 2.12. The minimum atomic E-state index is 0.0216. The molecule has 1 aromatic rings. The highest BCUT2D eigenvalue weighted by Gasteiger charge is 2.50. The Balaban J connectivity index is 2.27. The number of aromatic nitrogens is 2. The van der Waals surface area contributed by atoms with Crippen LogP contribution < -0.4 is 0 Å². The Morgan fingerprint density at radius 1 is 1.64 bits per heavy atom. The van der Waals surface area contributed by atoms with Crippen molar-refractivity contribution in [2.24, 2.45) is 7.05 Å². The van der Waals surface area contributed by atoms with Crippen LogP contribution in [0.4, 0.5) is 0 Å². The lowest BCUT2D eigenvalue weighted by molar-refractivity contribution is 0.322. The molecule has 1 aliphatic heterocycles. The molecule has 0 bridgehead atoms. The van der Waals surface area contributed by atoms with Gasteiger partial charge in [0, 0.05) is 13.2 Å². The Bertz CT molecular complexity index is 277. The van der Waals surface area contributed by atoms with Crippen molar-refractivity contribution in [3.63, 3.8) is 0 Å². The molecule has 0 spiro atoms. The van der Waals surface area contributed by atoms with Crippen molar-refractivity contribution in [1.82, 2.24) is 9.78 Å². The molecule has 1 aromatic heterocycles. The third-order valence-corrected chi connectivity index (χ3v) is 2.12. The van der Waals surface area contributed by atoms with Crippen LogP contribution in [-0.2, 0) is 11.8 Å². The van der Waals surface area contributed by atoms with Gasteiger partial charge >= 0.3 is 0 Å². The molecule has 11 heavy (non-hydrogen) atoms. The first-order valence-corrected chi connectivity index (χ1v) is 3.77. The van der Waals surface area contributed by atoms with Gasteiger partial charge in [0.2, 0.25) is 0 Å². The van der Waals surface area contributed by atoms with Crippen molar-refractivity contribution < 1.29 is 4.74 Å². The lowest BCUT2D eigenvalue weighted by Crippen LogP contribution is -2.02. The van der Waals surface area contributed by atoms with Gasteiger partial charge in [0.25, 0.3) is 0 Å². The number of aryl methyl sites for hydroxylation is 1. The van der Waals surface area contributed by atoms with Crippen LogP contribution in [0.1, 0.15) is 25.6 Å². The Labute approximate surface area is 66.0 Å². The van der Waals surface area contributed by atoms with E-state index in [0.29, 0.717) is 0 Å². The maximum Gasteiger partial charge on any atom is 0.128 e. The van der Waals surface area contributed by atoms with Crippen molar-refractivity contribution in [2.75, 3.05) is 0 Å². The summed E-state index contributed by atoms with van der Waals surface area (Å²) in [6, 6.07) is 2.00. The van der Waals surface area contributed by atoms with Crippen LogP contribution in [0.25, 0.3) is 0 Å². The molecule has 0 N–H and O–H groups in total. The van der Waals surface area contributed by atoms with Gasteiger partial charge in [-0.15, -0.1) is 0 Å². The number of nitrogens with zero attached hydrogens (tertiary/aromatic N) is 2. The van der Waals surface area contributed by atoms with Crippen molar-refractivity contribution in [2.45, 2.75) is 25.6 Å². The van der Waals surface area contributed by atoms with E-state index in [4.69, 9.17) is 4.74 Å². The van der Waals surface area contributed by atoms with Crippen LogP contribution in [0.3, 0.4) is 0 Å². The third kappa shape index (κ3) is 0.959. The molecule has 1 aliphatic rings. The van der Waals surface area contributed by atoms with Crippen LogP contribution in [0, 0.1) is 0 Å². The van der Waals surface area contributed by atoms with Crippen molar-refractivity contribution in [1.29, 1.82) is 0 Å². The molecule has 0 aromatic carbocycles. The highest BCUT2D eigenvalue weighted by molar-refractivity contribution is 5.15. The zero-order valence-corrected chi connectivity index (χ0v) is 7.03. The standard InChI is InChI=1S/C8H12N2O/c1-8(2)7(11-8)6-4-5-9-10(6)3/h4-5,7H,1-3H3. The lowest BCUT2D eigenvalue weighted by atomic mass is 10.1. The van der Waals surface area contributed by atoms with Gasteiger partial charge in [0.1, 0.15) is 6.10 Å². The summed E-state index contributed by atoms with van der Waals surface area (Å²) in [5.41, 5.74) is 1.18. The smallest absolute Gasteiger partial charge is 0.128 e. The van der Waals surface area contributed by atoms with E-state index in [9.17, 15) is 0 Å². The summed E-state index contributed by atoms with van der Waals surface area (Å²) in [7, 11) is 1.94. The van der Waals surface area contributed by atoms with Crippen LogP contribution in [0.5, 0.6) is 0 Å². The maximum absolute atomic E-state index is 5.47. The van der Waals surface area contributed by atoms with E-state index in [1.54, 1.807) is 6.20 Å². The molecule has 0 radical (unpaired) electrons. The second kappa shape index (κ2) is 1.85. The fourth-order valence-corrected chi connectivity index (χ4v) is 1.33. The van der Waals surface area contributed by atoms with Crippen LogP contribution in [0.2, 0.25) is 0 Å². The molecule has 0 aliphatic carbocycles. The summed E-state index contributed by atoms with van der Waals surface area (Å²) in [6.07, 6.45) is 2.04. The molecule has 3 nitrogen and oxygen atoms in total. The highest BCUT2D eigenvalue weighted by atomic mass is 16.6. The zero-order chi connectivity index (χ0) is 8.06. The zero-order valence-electron chi connectivity index (χ0n) is 7.03. The summed E-state index contributed by atoms with van der Waals surface area (Å²) >= 11 is 0. The molecule has 3 heteroatoms. The monoisotopic (exact) mass is 152 g/mol. The summed E-state index contributed by atoms with van der Waals surface area (Å²) in [5, 5.41) is 4.08. The number of hydrogen-bond acceptors (Lipinski definition) is 2. The van der Waals surface area contributed by atoms with Gasteiger partial charge < -0.3 is 4.74 Å². The van der Waals surface area contributed by atoms with Crippen LogP contribution in [-0.4, -0.2) is 15.4 Å². The van der Waals surface area contributed by atoms with Crippen LogP contribution in [0.15, 0.2) is 12.3 Å². The van der Waals surface area contributed by atoms with E-state index in [1.165, 1.54) is 0 Å². The average Bonchev–Trinajstić information content (AvgIpc) is 2.38. The molecule has 1 atom stereocenters. The van der Waals surface area contributed by atoms with Gasteiger partial charge in [-0.1, -0.05) is 0 Å². The lowest BCUT2D eigenvalue weighted by Gasteiger charge is -1.97. The second-order valence-corrected chi connectivity index (χ2v) is 3.48. The summed E-state index contributed by atoms with van der Waals surface area (Å²) in [5.74, 6) is 0. The molecule has 2 heterocycles. The Morgan fingerprint density at radius 2 is 2.27 bits per heavy atom. The van der Waals surface area contributed by atoms with Crippen molar-refractivity contribution >= 4 is 0 Å². The van der Waals surface area contributed by atoms with E-state index in [2.05, 4.69) is 18.9 Å². The average molecular weight is 152 g/mol. The van der Waals surface area contributed by atoms with Crippen molar-refractivity contribution in [3.8, 4) is 0 Å². The normalized spacial score (nSPS) is 27.0. The topological polar surface area (TPSA) is 30.4 Å².